The molecule has 0 saturated heterocycles. The molecular formula is C19H15NO5. The summed E-state index contributed by atoms with van der Waals surface area (Å²) >= 11 is 0. The van der Waals surface area contributed by atoms with Crippen LogP contribution in [0.4, 0.5) is 0 Å². The summed E-state index contributed by atoms with van der Waals surface area (Å²) in [7, 11) is 0. The Morgan fingerprint density at radius 2 is 1.12 bits per heavy atom. The lowest BCUT2D eigenvalue weighted by molar-refractivity contribution is 0.0387. The Morgan fingerprint density at radius 3 is 1.56 bits per heavy atom. The third kappa shape index (κ3) is 1.91. The zero-order chi connectivity index (χ0) is 18.0. The zero-order valence-corrected chi connectivity index (χ0v) is 14.0. The number of carbonyl (C=O) groups is 4. The lowest BCUT2D eigenvalue weighted by atomic mass is 9.86. The van der Waals surface area contributed by atoms with Crippen LogP contribution >= 0.6 is 0 Å². The van der Waals surface area contributed by atoms with E-state index in [-0.39, 0.29) is 23.1 Å². The van der Waals surface area contributed by atoms with Crippen molar-refractivity contribution in [3.8, 4) is 0 Å². The summed E-state index contributed by atoms with van der Waals surface area (Å²) in [6.45, 7) is 5.71. The lowest BCUT2D eigenvalue weighted by Gasteiger charge is -2.34. The Hall–Kier alpha value is -3.02. The minimum Gasteiger partial charge on any atom is -0.386 e. The van der Waals surface area contributed by atoms with Crippen molar-refractivity contribution < 1.29 is 23.9 Å². The number of carbonyl (C=O) groups excluding carboxylic acids is 4. The van der Waals surface area contributed by atoms with Crippen LogP contribution in [0, 0.1) is 5.92 Å². The third-order valence-corrected chi connectivity index (χ3v) is 5.06. The highest BCUT2D eigenvalue weighted by molar-refractivity contribution is 6.31. The standard InChI is InChI=1S/C19H15NO5/c1-8(2)9(3)20-16(21)10-4-6-12-15-13(19(24)25-18(12)23)7-5-11(14(10)15)17(20)22/h4-9H,1-3H3. The fourth-order valence-corrected chi connectivity index (χ4v) is 3.41. The first-order valence-corrected chi connectivity index (χ1v) is 8.07. The van der Waals surface area contributed by atoms with Crippen LogP contribution in [0.2, 0.25) is 0 Å². The SMILES string of the molecule is CC(C)C(C)N1C(=O)c2ccc3c4c(ccc(c24)C1=O)C(=O)OC3=O. The van der Waals surface area contributed by atoms with Gasteiger partial charge in [0.1, 0.15) is 0 Å². The Morgan fingerprint density at radius 1 is 0.720 bits per heavy atom. The van der Waals surface area contributed by atoms with Crippen LogP contribution in [0.5, 0.6) is 0 Å². The smallest absolute Gasteiger partial charge is 0.346 e. The zero-order valence-electron chi connectivity index (χ0n) is 14.0. The molecule has 0 aromatic heterocycles. The second-order valence-corrected chi connectivity index (χ2v) is 6.71. The molecule has 2 aliphatic rings. The lowest BCUT2D eigenvalue weighted by Crippen LogP contribution is -2.48. The van der Waals surface area contributed by atoms with Crippen molar-refractivity contribution in [1.29, 1.82) is 0 Å². The van der Waals surface area contributed by atoms with Crippen molar-refractivity contribution >= 4 is 34.5 Å². The van der Waals surface area contributed by atoms with E-state index in [9.17, 15) is 19.2 Å². The highest BCUT2D eigenvalue weighted by Crippen LogP contribution is 2.37. The van der Waals surface area contributed by atoms with Gasteiger partial charge in [0, 0.05) is 27.9 Å². The molecule has 0 aliphatic carbocycles. The summed E-state index contributed by atoms with van der Waals surface area (Å²) in [5.74, 6) is -2.25. The van der Waals surface area contributed by atoms with E-state index in [4.69, 9.17) is 4.74 Å². The van der Waals surface area contributed by atoms with Gasteiger partial charge in [0.2, 0.25) is 0 Å². The second kappa shape index (κ2) is 4.99. The van der Waals surface area contributed by atoms with Gasteiger partial charge in [-0.2, -0.15) is 0 Å². The predicted molar refractivity (Wildman–Crippen MR) is 88.5 cm³/mol. The molecule has 0 saturated carbocycles. The molecule has 6 nitrogen and oxygen atoms in total. The molecule has 1 atom stereocenters. The molecule has 2 amide bonds. The molecule has 6 heteroatoms. The minimum absolute atomic E-state index is 0.0962. The normalized spacial score (nSPS) is 17.4. The van der Waals surface area contributed by atoms with Gasteiger partial charge in [-0.3, -0.25) is 14.5 Å². The first-order chi connectivity index (χ1) is 11.8. The van der Waals surface area contributed by atoms with E-state index >= 15 is 0 Å². The molecule has 0 bridgehead atoms. The molecule has 126 valence electrons. The van der Waals surface area contributed by atoms with Crippen molar-refractivity contribution in [3.05, 3.63) is 46.5 Å². The molecule has 4 rings (SSSR count). The maximum Gasteiger partial charge on any atom is 0.346 e. The number of hydrogen-bond acceptors (Lipinski definition) is 5. The first-order valence-electron chi connectivity index (χ1n) is 8.07. The van der Waals surface area contributed by atoms with Gasteiger partial charge in [-0.05, 0) is 37.1 Å². The first kappa shape index (κ1) is 15.5. The van der Waals surface area contributed by atoms with Crippen LogP contribution in [0.3, 0.4) is 0 Å². The number of rotatable bonds is 2. The number of nitrogens with zero attached hydrogens (tertiary/aromatic N) is 1. The third-order valence-electron chi connectivity index (χ3n) is 5.06. The Bertz CT molecular complexity index is 936. The van der Waals surface area contributed by atoms with Crippen LogP contribution in [0.15, 0.2) is 24.3 Å². The van der Waals surface area contributed by atoms with Crippen molar-refractivity contribution in [2.45, 2.75) is 26.8 Å². The summed E-state index contributed by atoms with van der Waals surface area (Å²) in [5, 5.41) is 0.692. The van der Waals surface area contributed by atoms with Gasteiger partial charge < -0.3 is 4.74 Å². The van der Waals surface area contributed by atoms with Gasteiger partial charge in [0.25, 0.3) is 11.8 Å². The average Bonchev–Trinajstić information content (AvgIpc) is 2.57. The fraction of sp³-hybridized carbons (Fsp3) is 0.263. The van der Waals surface area contributed by atoms with Crippen LogP contribution in [-0.4, -0.2) is 34.7 Å². The predicted octanol–water partition coefficient (Wildman–Crippen LogP) is 2.79. The molecule has 25 heavy (non-hydrogen) atoms. The molecule has 0 N–H and O–H groups in total. The Kier molecular flexibility index (Phi) is 3.09. The van der Waals surface area contributed by atoms with Gasteiger partial charge in [-0.15, -0.1) is 0 Å². The van der Waals surface area contributed by atoms with Gasteiger partial charge >= 0.3 is 11.9 Å². The highest BCUT2D eigenvalue weighted by Gasteiger charge is 2.40. The maximum atomic E-state index is 13.0. The molecule has 0 spiro atoms. The summed E-state index contributed by atoms with van der Waals surface area (Å²) in [6, 6.07) is 5.73. The van der Waals surface area contributed by atoms with Gasteiger partial charge in [0.05, 0.1) is 11.1 Å². The molecule has 0 fully saturated rings. The van der Waals surface area contributed by atoms with Crippen LogP contribution in [0.25, 0.3) is 10.8 Å². The molecule has 2 aromatic rings. The second-order valence-electron chi connectivity index (χ2n) is 6.71. The number of imide groups is 1. The molecular weight excluding hydrogens is 322 g/mol. The van der Waals surface area contributed by atoms with Crippen LogP contribution < -0.4 is 0 Å². The number of ether oxygens (including phenoxy) is 1. The largest absolute Gasteiger partial charge is 0.386 e. The summed E-state index contributed by atoms with van der Waals surface area (Å²) in [4.78, 5) is 51.2. The summed E-state index contributed by atoms with van der Waals surface area (Å²) < 4.78 is 4.72. The number of amides is 2. The quantitative estimate of drug-likeness (QED) is 0.478. The van der Waals surface area contributed by atoms with Crippen LogP contribution in [0.1, 0.15) is 62.2 Å². The van der Waals surface area contributed by atoms with E-state index in [1.165, 1.54) is 29.2 Å². The number of hydrogen-bond donors (Lipinski definition) is 0. The van der Waals surface area contributed by atoms with Crippen LogP contribution in [-0.2, 0) is 4.74 Å². The summed E-state index contributed by atoms with van der Waals surface area (Å²) in [6.07, 6.45) is 0. The Balaban J connectivity index is 2.06. The minimum atomic E-state index is -0.765. The Labute approximate surface area is 143 Å². The number of esters is 2. The molecule has 1 unspecified atom stereocenters. The molecule has 2 aromatic carbocycles. The van der Waals surface area contributed by atoms with E-state index in [2.05, 4.69) is 0 Å². The summed E-state index contributed by atoms with van der Waals surface area (Å²) in [5.41, 5.74) is 1.04. The van der Waals surface area contributed by atoms with E-state index in [0.29, 0.717) is 21.9 Å². The van der Waals surface area contributed by atoms with E-state index < -0.39 is 23.8 Å². The van der Waals surface area contributed by atoms with Crippen molar-refractivity contribution in [2.24, 2.45) is 5.92 Å². The average molecular weight is 337 g/mol. The van der Waals surface area contributed by atoms with E-state index in [1.807, 2.05) is 20.8 Å². The molecule has 2 aliphatic heterocycles. The van der Waals surface area contributed by atoms with Crippen molar-refractivity contribution in [3.63, 3.8) is 0 Å². The van der Waals surface area contributed by atoms with E-state index in [1.54, 1.807) is 0 Å². The molecule has 0 radical (unpaired) electrons. The van der Waals surface area contributed by atoms with E-state index in [0.717, 1.165) is 0 Å². The number of benzene rings is 2. The number of cyclic esters (lactones) is 2. The monoisotopic (exact) mass is 337 g/mol. The maximum absolute atomic E-state index is 13.0. The van der Waals surface area contributed by atoms with Crippen molar-refractivity contribution in [1.82, 2.24) is 4.90 Å². The van der Waals surface area contributed by atoms with Gasteiger partial charge in [-0.1, -0.05) is 13.8 Å². The topological polar surface area (TPSA) is 80.8 Å². The molecule has 2 heterocycles. The van der Waals surface area contributed by atoms with Gasteiger partial charge in [-0.25, -0.2) is 9.59 Å². The van der Waals surface area contributed by atoms with Crippen molar-refractivity contribution in [2.75, 3.05) is 0 Å². The van der Waals surface area contributed by atoms with Gasteiger partial charge in [0.15, 0.2) is 0 Å². The fourth-order valence-electron chi connectivity index (χ4n) is 3.41. The highest BCUT2D eigenvalue weighted by atomic mass is 16.6.